The molecule has 0 radical (unpaired) electrons. The summed E-state index contributed by atoms with van der Waals surface area (Å²) in [5, 5.41) is 3.89. The molecule has 166 valence electrons. The fourth-order valence-corrected chi connectivity index (χ4v) is 9.66. The number of nitrogens with one attached hydrogen (secondary N) is 1. The molecule has 0 unspecified atom stereocenters. The first kappa shape index (κ1) is 19.8. The first-order chi connectivity index (χ1) is 14.4. The van der Waals surface area contributed by atoms with Crippen molar-refractivity contribution in [2.45, 2.75) is 90.2 Å². The summed E-state index contributed by atoms with van der Waals surface area (Å²) < 4.78 is 5.99. The average Bonchev–Trinajstić information content (AvgIpc) is 3.10. The topological polar surface area (TPSA) is 38.3 Å². The van der Waals surface area contributed by atoms with Crippen LogP contribution in [0.15, 0.2) is 12.2 Å². The first-order valence-corrected chi connectivity index (χ1v) is 13.0. The maximum absolute atomic E-state index is 12.9. The molecular weight excluding hydrogens is 370 g/mol. The molecule has 3 nitrogen and oxygen atoms in total. The molecule has 6 aliphatic rings. The van der Waals surface area contributed by atoms with Crippen molar-refractivity contribution in [2.24, 2.45) is 52.8 Å². The van der Waals surface area contributed by atoms with Crippen LogP contribution in [0.1, 0.15) is 78.1 Å². The highest BCUT2D eigenvalue weighted by Gasteiger charge is 2.56. The number of rotatable bonds is 4. The molecule has 0 aromatic heterocycles. The van der Waals surface area contributed by atoms with Crippen LogP contribution in [-0.4, -0.2) is 24.7 Å². The second-order valence-corrected chi connectivity index (χ2v) is 12.5. The summed E-state index contributed by atoms with van der Waals surface area (Å²) in [6, 6.07) is 0.534. The van der Waals surface area contributed by atoms with E-state index in [0.717, 1.165) is 49.0 Å². The monoisotopic (exact) mass is 411 g/mol. The van der Waals surface area contributed by atoms with Gasteiger partial charge in [-0.3, -0.25) is 4.79 Å². The van der Waals surface area contributed by atoms with Crippen molar-refractivity contribution < 1.29 is 9.53 Å². The molecule has 0 amide bonds. The van der Waals surface area contributed by atoms with E-state index in [4.69, 9.17) is 4.74 Å². The van der Waals surface area contributed by atoms with Gasteiger partial charge in [0.25, 0.3) is 0 Å². The van der Waals surface area contributed by atoms with Crippen LogP contribution in [0.4, 0.5) is 0 Å². The van der Waals surface area contributed by atoms with Crippen LogP contribution in [-0.2, 0) is 9.53 Å². The lowest BCUT2D eigenvalue weighted by atomic mass is 9.55. The molecule has 1 saturated heterocycles. The van der Waals surface area contributed by atoms with Crippen molar-refractivity contribution >= 4 is 5.97 Å². The molecule has 3 bridgehead atoms. The van der Waals surface area contributed by atoms with E-state index in [2.05, 4.69) is 25.7 Å². The van der Waals surface area contributed by atoms with Crippen molar-refractivity contribution in [3.05, 3.63) is 12.2 Å². The first-order valence-electron chi connectivity index (χ1n) is 13.0. The number of ether oxygens (including phenoxy) is 1. The smallest absolute Gasteiger partial charge is 0.310 e. The Balaban J connectivity index is 1.13. The lowest BCUT2D eigenvalue weighted by molar-refractivity contribution is -0.146. The van der Waals surface area contributed by atoms with E-state index in [1.165, 1.54) is 56.9 Å². The van der Waals surface area contributed by atoms with Gasteiger partial charge in [0.05, 0.1) is 5.92 Å². The van der Waals surface area contributed by atoms with E-state index < -0.39 is 0 Å². The van der Waals surface area contributed by atoms with E-state index >= 15 is 0 Å². The third-order valence-electron chi connectivity index (χ3n) is 11.0. The molecule has 0 aromatic rings. The number of hydrogen-bond acceptors (Lipinski definition) is 3. The Bertz CT molecular complexity index is 732. The van der Waals surface area contributed by atoms with Crippen molar-refractivity contribution in [1.82, 2.24) is 5.32 Å². The van der Waals surface area contributed by atoms with E-state index in [-0.39, 0.29) is 18.0 Å². The highest BCUT2D eigenvalue weighted by atomic mass is 16.6. The van der Waals surface area contributed by atoms with Gasteiger partial charge in [-0.15, -0.1) is 0 Å². The zero-order chi connectivity index (χ0) is 20.6. The van der Waals surface area contributed by atoms with Gasteiger partial charge >= 0.3 is 5.97 Å². The Hall–Kier alpha value is -0.830. The average molecular weight is 412 g/mol. The van der Waals surface area contributed by atoms with Gasteiger partial charge in [0.2, 0.25) is 0 Å². The minimum absolute atomic E-state index is 0.0498. The van der Waals surface area contributed by atoms with Gasteiger partial charge in [-0.1, -0.05) is 19.1 Å². The summed E-state index contributed by atoms with van der Waals surface area (Å²) in [4.78, 5) is 12.9. The minimum atomic E-state index is 0.0498. The lowest BCUT2D eigenvalue weighted by Gasteiger charge is -2.50. The van der Waals surface area contributed by atoms with E-state index in [1.54, 1.807) is 0 Å². The highest BCUT2D eigenvalue weighted by molar-refractivity contribution is 5.75. The molecule has 5 aliphatic carbocycles. The van der Waals surface area contributed by atoms with Crippen LogP contribution in [0.25, 0.3) is 0 Å². The van der Waals surface area contributed by atoms with Crippen LogP contribution >= 0.6 is 0 Å². The number of fused-ring (bicyclic) bond motifs is 4. The molecule has 11 atom stereocenters. The minimum Gasteiger partial charge on any atom is -0.462 e. The van der Waals surface area contributed by atoms with E-state index in [0.29, 0.717) is 23.3 Å². The van der Waals surface area contributed by atoms with Crippen LogP contribution in [0.2, 0.25) is 0 Å². The predicted octanol–water partition coefficient (Wildman–Crippen LogP) is 5.35. The Morgan fingerprint density at radius 3 is 2.83 bits per heavy atom. The van der Waals surface area contributed by atoms with Gasteiger partial charge in [0.1, 0.15) is 6.10 Å². The van der Waals surface area contributed by atoms with Gasteiger partial charge in [-0.25, -0.2) is 0 Å². The number of hydrogen-bond donors (Lipinski definition) is 1. The summed E-state index contributed by atoms with van der Waals surface area (Å²) in [7, 11) is 0. The molecule has 1 N–H and O–H groups in total. The summed E-state index contributed by atoms with van der Waals surface area (Å²) in [6.07, 6.45) is 13.4. The fraction of sp³-hybridized carbons (Fsp3) is 0.889. The Labute approximate surface area is 182 Å². The van der Waals surface area contributed by atoms with Gasteiger partial charge < -0.3 is 10.1 Å². The molecule has 3 heteroatoms. The normalized spacial score (nSPS) is 52.7. The SMILES string of the molecule is C=C1CCC[C@]2(C)C[C@H]3OC(=O)[C@H](CN[C@H](C)[C@@H]4[C@@H]5CC[C@H]6C[C@@H](C5)C[C@@H]64)[C@H]3C[C@H]12. The van der Waals surface area contributed by atoms with Crippen LogP contribution in [0.3, 0.4) is 0 Å². The van der Waals surface area contributed by atoms with Crippen LogP contribution in [0, 0.1) is 52.8 Å². The van der Waals surface area contributed by atoms with Crippen molar-refractivity contribution in [3.8, 4) is 0 Å². The third kappa shape index (κ3) is 2.97. The molecular formula is C27H41NO2. The van der Waals surface area contributed by atoms with E-state index in [1.807, 2.05) is 0 Å². The van der Waals surface area contributed by atoms with Gasteiger partial charge in [0.15, 0.2) is 0 Å². The second kappa shape index (κ2) is 7.09. The summed E-state index contributed by atoms with van der Waals surface area (Å²) in [5.74, 6) is 5.85. The van der Waals surface area contributed by atoms with E-state index in [9.17, 15) is 4.79 Å². The maximum atomic E-state index is 12.9. The molecule has 5 saturated carbocycles. The summed E-state index contributed by atoms with van der Waals surface area (Å²) >= 11 is 0. The molecule has 6 fully saturated rings. The Kier molecular flexibility index (Phi) is 4.68. The van der Waals surface area contributed by atoms with Gasteiger partial charge in [-0.05, 0) is 112 Å². The van der Waals surface area contributed by atoms with Gasteiger partial charge in [-0.2, -0.15) is 0 Å². The zero-order valence-corrected chi connectivity index (χ0v) is 19.1. The van der Waals surface area contributed by atoms with Crippen molar-refractivity contribution in [3.63, 3.8) is 0 Å². The highest BCUT2D eigenvalue weighted by Crippen LogP contribution is 2.59. The van der Waals surface area contributed by atoms with Crippen molar-refractivity contribution in [2.75, 3.05) is 6.54 Å². The Morgan fingerprint density at radius 2 is 1.97 bits per heavy atom. The predicted molar refractivity (Wildman–Crippen MR) is 119 cm³/mol. The summed E-state index contributed by atoms with van der Waals surface area (Å²) in [5.41, 5.74) is 1.74. The van der Waals surface area contributed by atoms with Crippen LogP contribution < -0.4 is 5.32 Å². The Morgan fingerprint density at radius 1 is 1.17 bits per heavy atom. The van der Waals surface area contributed by atoms with Crippen molar-refractivity contribution in [1.29, 1.82) is 0 Å². The largest absolute Gasteiger partial charge is 0.462 e. The molecule has 0 spiro atoms. The molecule has 30 heavy (non-hydrogen) atoms. The zero-order valence-electron chi connectivity index (χ0n) is 19.1. The molecule has 1 aliphatic heterocycles. The quantitative estimate of drug-likeness (QED) is 0.500. The number of carbonyl (C=O) groups excluding carboxylic acids is 1. The molecule has 0 aromatic carbocycles. The lowest BCUT2D eigenvalue weighted by Crippen LogP contribution is -2.49. The molecule has 1 heterocycles. The van der Waals surface area contributed by atoms with Crippen LogP contribution in [0.5, 0.6) is 0 Å². The number of esters is 1. The fourth-order valence-electron chi connectivity index (χ4n) is 9.66. The summed E-state index contributed by atoms with van der Waals surface area (Å²) in [6.45, 7) is 10.1. The number of allylic oxidation sites excluding steroid dienone is 1. The maximum Gasteiger partial charge on any atom is 0.310 e. The molecule has 6 rings (SSSR count). The third-order valence-corrected chi connectivity index (χ3v) is 11.0. The second-order valence-electron chi connectivity index (χ2n) is 12.5. The standard InChI is InChI=1S/C27H41NO2/c1-15-5-4-8-27(3)13-24-21(12-23(15)27)22(26(29)30-24)14-28-16(2)25-19-7-6-18-9-17(10-19)11-20(18)25/h16-25,28H,1,4-14H2,2-3H3/t16-,17+,18+,19-,20+,21-,22-,23-,24-,25-,27-/m1/s1. The van der Waals surface area contributed by atoms with Gasteiger partial charge in [0, 0.05) is 18.5 Å². The number of carbonyl (C=O) groups is 1.